The molecule has 0 radical (unpaired) electrons. The Morgan fingerprint density at radius 2 is 2.00 bits per heavy atom. The normalized spacial score (nSPS) is 15.5. The lowest BCUT2D eigenvalue weighted by molar-refractivity contribution is 0.402. The quantitative estimate of drug-likeness (QED) is 0.410. The van der Waals surface area contributed by atoms with E-state index in [0.29, 0.717) is 16.6 Å². The molecule has 0 fully saturated rings. The van der Waals surface area contributed by atoms with Crippen LogP contribution < -0.4 is 10.1 Å². The SMILES string of the molecule is COc1cccc2cc(C3NCc4c(Cl)cc(Cl)cc4-n4cccc43)oc12.Cl. The summed E-state index contributed by atoms with van der Waals surface area (Å²) in [7, 11) is 1.65. The van der Waals surface area contributed by atoms with E-state index in [1.807, 2.05) is 36.5 Å². The fraction of sp³-hybridized carbons (Fsp3) is 0.143. The lowest BCUT2D eigenvalue weighted by atomic mass is 10.1. The van der Waals surface area contributed by atoms with Crippen molar-refractivity contribution >= 4 is 46.6 Å². The van der Waals surface area contributed by atoms with Crippen molar-refractivity contribution < 1.29 is 9.15 Å². The maximum Gasteiger partial charge on any atom is 0.176 e. The van der Waals surface area contributed by atoms with Crippen molar-refractivity contribution in [3.8, 4) is 11.4 Å². The van der Waals surface area contributed by atoms with Crippen LogP contribution in [0.4, 0.5) is 0 Å². The van der Waals surface area contributed by atoms with Crippen molar-refractivity contribution in [3.05, 3.63) is 81.8 Å². The first-order valence-corrected chi connectivity index (χ1v) is 9.36. The Kier molecular flexibility index (Phi) is 5.06. The molecule has 4 aromatic rings. The molecule has 5 rings (SSSR count). The van der Waals surface area contributed by atoms with E-state index >= 15 is 0 Å². The average molecular weight is 436 g/mol. The summed E-state index contributed by atoms with van der Waals surface area (Å²) in [4.78, 5) is 0. The van der Waals surface area contributed by atoms with E-state index in [1.54, 1.807) is 13.2 Å². The molecule has 2 aromatic carbocycles. The number of rotatable bonds is 2. The van der Waals surface area contributed by atoms with Crippen LogP contribution in [0.3, 0.4) is 0 Å². The number of furan rings is 1. The molecule has 1 unspecified atom stereocenters. The molecule has 2 aromatic heterocycles. The van der Waals surface area contributed by atoms with Crippen molar-refractivity contribution in [1.82, 2.24) is 9.88 Å². The number of fused-ring (bicyclic) bond motifs is 4. The topological polar surface area (TPSA) is 39.3 Å². The summed E-state index contributed by atoms with van der Waals surface area (Å²) in [5, 5.41) is 5.84. The number of halogens is 3. The van der Waals surface area contributed by atoms with Crippen molar-refractivity contribution in [3.63, 3.8) is 0 Å². The van der Waals surface area contributed by atoms with Gasteiger partial charge >= 0.3 is 0 Å². The molecular weight excluding hydrogens is 419 g/mol. The molecule has 28 heavy (non-hydrogen) atoms. The standard InChI is InChI=1S/C21H16Cl2N2O2.ClH/c1-26-18-6-2-4-12-8-19(27-21(12)18)20-16-5-3-7-25(16)17-10-13(22)9-15(23)14(17)11-24-20;/h2-10,20,24H,11H2,1H3;1H. The minimum atomic E-state index is -0.126. The van der Waals surface area contributed by atoms with Gasteiger partial charge in [-0.25, -0.2) is 0 Å². The Labute approximate surface area is 178 Å². The van der Waals surface area contributed by atoms with Crippen LogP contribution in [-0.4, -0.2) is 11.7 Å². The van der Waals surface area contributed by atoms with Gasteiger partial charge in [0.05, 0.1) is 12.8 Å². The number of methoxy groups -OCH3 is 1. The number of hydrogen-bond donors (Lipinski definition) is 1. The third kappa shape index (κ3) is 2.97. The molecule has 1 aliphatic heterocycles. The zero-order valence-electron chi connectivity index (χ0n) is 14.9. The Morgan fingerprint density at radius 1 is 1.14 bits per heavy atom. The van der Waals surface area contributed by atoms with Gasteiger partial charge < -0.3 is 13.7 Å². The fourth-order valence-electron chi connectivity index (χ4n) is 3.74. The number of benzene rings is 2. The molecule has 0 aliphatic carbocycles. The van der Waals surface area contributed by atoms with E-state index in [-0.39, 0.29) is 18.4 Å². The van der Waals surface area contributed by atoms with Crippen LogP contribution in [0.2, 0.25) is 10.0 Å². The maximum atomic E-state index is 6.47. The molecule has 1 aliphatic rings. The van der Waals surface area contributed by atoms with Gasteiger partial charge in [-0.2, -0.15) is 0 Å². The molecule has 1 N–H and O–H groups in total. The molecule has 0 bridgehead atoms. The fourth-order valence-corrected chi connectivity index (χ4v) is 4.29. The number of para-hydroxylation sites is 1. The molecule has 1 atom stereocenters. The lowest BCUT2D eigenvalue weighted by Gasteiger charge is -2.15. The van der Waals surface area contributed by atoms with Gasteiger partial charge in [-0.1, -0.05) is 35.3 Å². The van der Waals surface area contributed by atoms with Gasteiger partial charge in [0.25, 0.3) is 0 Å². The van der Waals surface area contributed by atoms with Crippen LogP contribution in [-0.2, 0) is 6.54 Å². The Morgan fingerprint density at radius 3 is 2.82 bits per heavy atom. The van der Waals surface area contributed by atoms with Crippen LogP contribution >= 0.6 is 35.6 Å². The van der Waals surface area contributed by atoms with E-state index in [9.17, 15) is 0 Å². The first-order valence-electron chi connectivity index (χ1n) is 8.61. The van der Waals surface area contributed by atoms with Crippen LogP contribution in [0.15, 0.2) is 59.1 Å². The van der Waals surface area contributed by atoms with Crippen molar-refractivity contribution in [2.75, 3.05) is 7.11 Å². The highest BCUT2D eigenvalue weighted by atomic mass is 35.5. The summed E-state index contributed by atoms with van der Waals surface area (Å²) in [6.45, 7) is 0.603. The molecule has 0 saturated carbocycles. The van der Waals surface area contributed by atoms with Crippen molar-refractivity contribution in [2.45, 2.75) is 12.6 Å². The zero-order chi connectivity index (χ0) is 18.5. The molecule has 144 valence electrons. The zero-order valence-corrected chi connectivity index (χ0v) is 17.2. The molecule has 0 saturated heterocycles. The highest BCUT2D eigenvalue weighted by Gasteiger charge is 2.27. The van der Waals surface area contributed by atoms with E-state index in [2.05, 4.69) is 22.0 Å². The third-order valence-corrected chi connectivity index (χ3v) is 5.54. The second-order valence-electron chi connectivity index (χ2n) is 6.53. The molecule has 0 spiro atoms. The first kappa shape index (κ1) is 19.2. The molecular formula is C21H17Cl3N2O2. The average Bonchev–Trinajstić information content (AvgIpc) is 3.27. The second kappa shape index (κ2) is 7.37. The van der Waals surface area contributed by atoms with Crippen LogP contribution in [0.5, 0.6) is 5.75 Å². The highest BCUT2D eigenvalue weighted by molar-refractivity contribution is 6.35. The van der Waals surface area contributed by atoms with Gasteiger partial charge in [0.15, 0.2) is 11.3 Å². The summed E-state index contributed by atoms with van der Waals surface area (Å²) >= 11 is 12.7. The Hall–Kier alpha value is -2.11. The summed E-state index contributed by atoms with van der Waals surface area (Å²) in [6, 6.07) is 15.6. The van der Waals surface area contributed by atoms with E-state index in [4.69, 9.17) is 32.4 Å². The third-order valence-electron chi connectivity index (χ3n) is 4.99. The minimum Gasteiger partial charge on any atom is -0.493 e. The van der Waals surface area contributed by atoms with Gasteiger partial charge in [-0.3, -0.25) is 5.32 Å². The number of aromatic nitrogens is 1. The summed E-state index contributed by atoms with van der Waals surface area (Å²) in [6.07, 6.45) is 2.02. The van der Waals surface area contributed by atoms with E-state index in [0.717, 1.165) is 39.4 Å². The van der Waals surface area contributed by atoms with E-state index < -0.39 is 0 Å². The van der Waals surface area contributed by atoms with Crippen molar-refractivity contribution in [2.24, 2.45) is 0 Å². The van der Waals surface area contributed by atoms with Gasteiger partial charge in [0, 0.05) is 39.4 Å². The number of nitrogens with zero attached hydrogens (tertiary/aromatic N) is 1. The molecule has 0 amide bonds. The Balaban J connectivity index is 0.00000192. The number of ether oxygens (including phenoxy) is 1. The minimum absolute atomic E-state index is 0. The maximum absolute atomic E-state index is 6.47. The summed E-state index contributed by atoms with van der Waals surface area (Å²) < 4.78 is 13.8. The van der Waals surface area contributed by atoms with Gasteiger partial charge in [0.2, 0.25) is 0 Å². The van der Waals surface area contributed by atoms with Gasteiger partial charge in [-0.05, 0) is 36.4 Å². The largest absolute Gasteiger partial charge is 0.493 e. The monoisotopic (exact) mass is 434 g/mol. The van der Waals surface area contributed by atoms with Gasteiger partial charge in [-0.15, -0.1) is 12.4 Å². The molecule has 4 nitrogen and oxygen atoms in total. The predicted octanol–water partition coefficient (Wildman–Crippen LogP) is 6.15. The van der Waals surface area contributed by atoms with E-state index in [1.165, 1.54) is 0 Å². The highest BCUT2D eigenvalue weighted by Crippen LogP contribution is 2.38. The summed E-state index contributed by atoms with van der Waals surface area (Å²) in [5.41, 5.74) is 3.80. The van der Waals surface area contributed by atoms with Crippen molar-refractivity contribution in [1.29, 1.82) is 0 Å². The lowest BCUT2D eigenvalue weighted by Crippen LogP contribution is -2.20. The number of hydrogen-bond acceptors (Lipinski definition) is 3. The first-order chi connectivity index (χ1) is 13.2. The van der Waals surface area contributed by atoms with Crippen LogP contribution in [0.1, 0.15) is 23.1 Å². The second-order valence-corrected chi connectivity index (χ2v) is 7.37. The molecule has 7 heteroatoms. The van der Waals surface area contributed by atoms with Crippen LogP contribution in [0.25, 0.3) is 16.7 Å². The number of nitrogens with one attached hydrogen (secondary N) is 1. The van der Waals surface area contributed by atoms with Gasteiger partial charge in [0.1, 0.15) is 11.8 Å². The summed E-state index contributed by atoms with van der Waals surface area (Å²) in [5.74, 6) is 1.55. The van der Waals surface area contributed by atoms with Crippen LogP contribution in [0, 0.1) is 0 Å². The molecule has 3 heterocycles. The predicted molar refractivity (Wildman–Crippen MR) is 114 cm³/mol. The Bertz CT molecular complexity index is 1170. The smallest absolute Gasteiger partial charge is 0.176 e.